The Labute approximate surface area is 314 Å². The standard InChI is InChI=1S/2C16H18N.2C4H8O2.2Li/c2*1-13(15-9-5-3-6-10-15)17-14(2)16-11-7-4-8-12-16;2*1-2-6-4-3-5-1;;/h2*3-14H,1-2H3;2*1-4H2;;/q2*-1;;;2*+1/t2*13-,14-;;;;/m00..../s1. The minimum absolute atomic E-state index is 0. The Hall–Kier alpha value is -2.17. The van der Waals surface area contributed by atoms with E-state index in [1.807, 2.05) is 24.3 Å². The van der Waals surface area contributed by atoms with Crippen LogP contribution in [0, 0.1) is 0 Å². The molecule has 2 fully saturated rings. The molecule has 6 rings (SSSR count). The molecule has 0 amide bonds. The summed E-state index contributed by atoms with van der Waals surface area (Å²) in [6, 6.07) is 42.7. The fraction of sp³-hybridized carbons (Fsp3) is 0.400. The number of ether oxygens (including phenoxy) is 4. The Morgan fingerprint density at radius 3 is 0.646 bits per heavy atom. The van der Waals surface area contributed by atoms with E-state index in [1.165, 1.54) is 22.3 Å². The maximum Gasteiger partial charge on any atom is 1.00 e. The summed E-state index contributed by atoms with van der Waals surface area (Å²) in [5, 5.41) is 9.63. The zero-order valence-electron chi connectivity index (χ0n) is 30.0. The topological polar surface area (TPSA) is 65.1 Å². The van der Waals surface area contributed by atoms with E-state index in [0.717, 1.165) is 52.9 Å². The van der Waals surface area contributed by atoms with Crippen molar-refractivity contribution >= 4 is 0 Å². The van der Waals surface area contributed by atoms with Crippen molar-refractivity contribution < 1.29 is 56.7 Å². The predicted molar refractivity (Wildman–Crippen MR) is 189 cm³/mol. The van der Waals surface area contributed by atoms with Crippen LogP contribution in [0.5, 0.6) is 0 Å². The maximum absolute atomic E-state index is 4.94. The van der Waals surface area contributed by atoms with Crippen molar-refractivity contribution in [3.8, 4) is 0 Å². The van der Waals surface area contributed by atoms with Gasteiger partial charge in [0.05, 0.1) is 52.9 Å². The van der Waals surface area contributed by atoms with Gasteiger partial charge in [0.1, 0.15) is 0 Å². The molecule has 6 nitrogen and oxygen atoms in total. The number of hydrogen-bond acceptors (Lipinski definition) is 4. The van der Waals surface area contributed by atoms with Crippen LogP contribution in [-0.4, -0.2) is 52.9 Å². The van der Waals surface area contributed by atoms with Crippen molar-refractivity contribution in [3.05, 3.63) is 154 Å². The van der Waals surface area contributed by atoms with Crippen LogP contribution < -0.4 is 37.7 Å². The Balaban J connectivity index is 0.000000347. The zero-order chi connectivity index (χ0) is 32.7. The molecule has 4 atom stereocenters. The number of rotatable bonds is 8. The van der Waals surface area contributed by atoms with Gasteiger partial charge in [-0.1, -0.05) is 171 Å². The first-order valence-corrected chi connectivity index (χ1v) is 16.4. The van der Waals surface area contributed by atoms with E-state index in [9.17, 15) is 0 Å². The van der Waals surface area contributed by atoms with Crippen molar-refractivity contribution in [3.63, 3.8) is 0 Å². The van der Waals surface area contributed by atoms with E-state index in [1.54, 1.807) is 0 Å². The Morgan fingerprint density at radius 1 is 0.333 bits per heavy atom. The molecule has 0 radical (unpaired) electrons. The molecule has 0 aromatic heterocycles. The first kappa shape index (κ1) is 43.9. The summed E-state index contributed by atoms with van der Waals surface area (Å²) < 4.78 is 19.8. The first-order chi connectivity index (χ1) is 22.5. The summed E-state index contributed by atoms with van der Waals surface area (Å²) in [4.78, 5) is 0. The predicted octanol–water partition coefficient (Wildman–Crippen LogP) is 3.84. The van der Waals surface area contributed by atoms with E-state index < -0.39 is 0 Å². The minimum Gasteiger partial charge on any atom is -0.650 e. The SMILES string of the molecule is C1COCCO1.C1COCCO1.C[C@H]([N-][C@@H](C)c1ccccc1)c1ccccc1.C[C@H]([N-][C@@H](C)c1ccccc1)c1ccccc1.[Li+].[Li+]. The molecule has 0 spiro atoms. The molecule has 0 bridgehead atoms. The summed E-state index contributed by atoms with van der Waals surface area (Å²) in [6.07, 6.45) is 0. The van der Waals surface area contributed by atoms with Crippen LogP contribution >= 0.6 is 0 Å². The molecule has 4 aromatic rings. The average Bonchev–Trinajstić information content (AvgIpc) is 3.15. The number of hydrogen-bond donors (Lipinski definition) is 0. The molecule has 0 N–H and O–H groups in total. The molecule has 0 saturated carbocycles. The van der Waals surface area contributed by atoms with Crippen LogP contribution in [0.25, 0.3) is 10.6 Å². The molecule has 2 heterocycles. The van der Waals surface area contributed by atoms with E-state index in [2.05, 4.69) is 125 Å². The summed E-state index contributed by atoms with van der Waals surface area (Å²) in [5.41, 5.74) is 5.09. The van der Waals surface area contributed by atoms with Gasteiger partial charge in [-0.25, -0.2) is 0 Å². The molecule has 2 aliphatic heterocycles. The van der Waals surface area contributed by atoms with Gasteiger partial charge in [0.25, 0.3) is 0 Å². The van der Waals surface area contributed by atoms with Crippen molar-refractivity contribution in [2.24, 2.45) is 0 Å². The number of benzene rings is 4. The third-order valence-corrected chi connectivity index (χ3v) is 7.51. The summed E-state index contributed by atoms with van der Waals surface area (Å²) in [5.74, 6) is 0. The van der Waals surface area contributed by atoms with E-state index >= 15 is 0 Å². The summed E-state index contributed by atoms with van der Waals surface area (Å²) in [6.45, 7) is 14.8. The van der Waals surface area contributed by atoms with Crippen molar-refractivity contribution in [2.75, 3.05) is 52.9 Å². The van der Waals surface area contributed by atoms with Gasteiger partial charge in [-0.2, -0.15) is 0 Å². The van der Waals surface area contributed by atoms with Gasteiger partial charge < -0.3 is 29.6 Å². The fourth-order valence-electron chi connectivity index (χ4n) is 4.82. The molecule has 4 aromatic carbocycles. The van der Waals surface area contributed by atoms with Crippen LogP contribution in [0.15, 0.2) is 121 Å². The molecule has 248 valence electrons. The first-order valence-electron chi connectivity index (χ1n) is 16.4. The minimum atomic E-state index is 0. The van der Waals surface area contributed by atoms with Crippen molar-refractivity contribution in [1.82, 2.24) is 0 Å². The second kappa shape index (κ2) is 27.6. The molecule has 2 saturated heterocycles. The monoisotopic (exact) mass is 638 g/mol. The molecule has 0 aliphatic carbocycles. The van der Waals surface area contributed by atoms with E-state index in [0.29, 0.717) is 0 Å². The molecule has 0 unspecified atom stereocenters. The van der Waals surface area contributed by atoms with E-state index in [4.69, 9.17) is 29.6 Å². The van der Waals surface area contributed by atoms with Crippen LogP contribution in [-0.2, 0) is 18.9 Å². The van der Waals surface area contributed by atoms with Crippen molar-refractivity contribution in [2.45, 2.75) is 51.9 Å². The molecular weight excluding hydrogens is 586 g/mol. The third kappa shape index (κ3) is 18.6. The van der Waals surface area contributed by atoms with Crippen molar-refractivity contribution in [1.29, 1.82) is 0 Å². The summed E-state index contributed by atoms with van der Waals surface area (Å²) >= 11 is 0. The third-order valence-electron chi connectivity index (χ3n) is 7.51. The zero-order valence-corrected chi connectivity index (χ0v) is 30.0. The Morgan fingerprint density at radius 2 is 0.500 bits per heavy atom. The quantitative estimate of drug-likeness (QED) is 0.276. The fourth-order valence-corrected chi connectivity index (χ4v) is 4.82. The second-order valence-corrected chi connectivity index (χ2v) is 11.1. The Kier molecular flexibility index (Phi) is 25.2. The van der Waals surface area contributed by atoms with Gasteiger partial charge >= 0.3 is 37.7 Å². The smallest absolute Gasteiger partial charge is 0.650 e. The van der Waals surface area contributed by atoms with Gasteiger partial charge in [-0.05, 0) is 0 Å². The van der Waals surface area contributed by atoms with Crippen LogP contribution in [0.1, 0.15) is 74.1 Å². The van der Waals surface area contributed by atoms with E-state index in [-0.39, 0.29) is 61.9 Å². The second-order valence-electron chi connectivity index (χ2n) is 11.1. The van der Waals surface area contributed by atoms with Gasteiger partial charge in [-0.3, -0.25) is 0 Å². The largest absolute Gasteiger partial charge is 1.00 e. The van der Waals surface area contributed by atoms with Gasteiger partial charge in [0.2, 0.25) is 0 Å². The van der Waals surface area contributed by atoms with Crippen LogP contribution in [0.2, 0.25) is 0 Å². The average molecular weight is 639 g/mol. The molecule has 8 heteroatoms. The molecular formula is C40H52Li2N2O4. The van der Waals surface area contributed by atoms with Gasteiger partial charge in [0.15, 0.2) is 0 Å². The molecule has 2 aliphatic rings. The normalized spacial score (nSPS) is 16.1. The summed E-state index contributed by atoms with van der Waals surface area (Å²) in [7, 11) is 0. The Bertz CT molecular complexity index is 1050. The molecule has 48 heavy (non-hydrogen) atoms. The number of nitrogens with zero attached hydrogens (tertiary/aromatic N) is 2. The van der Waals surface area contributed by atoms with Gasteiger partial charge in [-0.15, -0.1) is 24.2 Å². The van der Waals surface area contributed by atoms with Crippen LogP contribution in [0.4, 0.5) is 0 Å². The van der Waals surface area contributed by atoms with Crippen LogP contribution in [0.3, 0.4) is 0 Å². The maximum atomic E-state index is 4.94. The van der Waals surface area contributed by atoms with Gasteiger partial charge in [0, 0.05) is 0 Å².